The Kier molecular flexibility index (Phi) is 1.80. The van der Waals surface area contributed by atoms with E-state index in [1.807, 2.05) is 36.5 Å². The van der Waals surface area contributed by atoms with E-state index >= 15 is 0 Å². The van der Waals surface area contributed by atoms with Crippen LogP contribution in [0.1, 0.15) is 0 Å². The molecule has 0 aliphatic heterocycles. The van der Waals surface area contributed by atoms with Gasteiger partial charge in [-0.15, -0.1) is 0 Å². The van der Waals surface area contributed by atoms with Crippen molar-refractivity contribution in [2.75, 3.05) is 0 Å². The Morgan fingerprint density at radius 3 is 2.83 bits per heavy atom. The summed E-state index contributed by atoms with van der Waals surface area (Å²) in [6, 6.07) is 9.85. The van der Waals surface area contributed by atoms with Crippen molar-refractivity contribution in [2.45, 2.75) is 0 Å². The van der Waals surface area contributed by atoms with Crippen LogP contribution >= 0.6 is 11.8 Å². The first-order valence-electron chi connectivity index (χ1n) is 3.50. The maximum absolute atomic E-state index is 5.13. The molecule has 0 saturated carbocycles. The monoisotopic (exact) mass is 179 g/mol. The normalized spacial score (nSPS) is 11.4. The van der Waals surface area contributed by atoms with Crippen LogP contribution in [0.4, 0.5) is 0 Å². The van der Waals surface area contributed by atoms with Crippen LogP contribution in [-0.2, 0) is 0 Å². The minimum atomic E-state index is 1.00. The van der Waals surface area contributed by atoms with Gasteiger partial charge >= 0.3 is 0 Å². The molecule has 4 heteroatoms. The first-order chi connectivity index (χ1) is 5.92. The number of aromatic nitrogens is 1. The third-order valence-corrected chi connectivity index (χ3v) is 1.78. The highest BCUT2D eigenvalue weighted by Gasteiger charge is 1.96. The Bertz CT molecular complexity index is 419. The number of halogens is 1. The average molecular weight is 180 g/mol. The molecule has 0 aliphatic carbocycles. The number of para-hydroxylation sites is 1. The zero-order valence-electron chi connectivity index (χ0n) is 6.18. The summed E-state index contributed by atoms with van der Waals surface area (Å²) in [6.07, 6.45) is 1.82. The highest BCUT2D eigenvalue weighted by atomic mass is 35.5. The average Bonchev–Trinajstić information content (AvgIpc) is 2.50. The summed E-state index contributed by atoms with van der Waals surface area (Å²) in [5.41, 5.74) is 1.00. The molecule has 0 bridgehead atoms. The molecule has 2 aromatic rings. The van der Waals surface area contributed by atoms with Gasteiger partial charge in [0.15, 0.2) is 0 Å². The number of fused-ring (bicyclic) bond motifs is 1. The molecule has 1 heterocycles. The standard InChI is InChI=1S/C8H6ClN3/c9-10-11-12-6-5-7-3-1-2-4-8(7)12/h1-6H/b11-10+. The van der Waals surface area contributed by atoms with E-state index in [-0.39, 0.29) is 0 Å². The summed E-state index contributed by atoms with van der Waals surface area (Å²) < 4.78 is 4.82. The lowest BCUT2D eigenvalue weighted by molar-refractivity contribution is 0.859. The van der Waals surface area contributed by atoms with Gasteiger partial charge in [-0.25, -0.2) is 4.68 Å². The van der Waals surface area contributed by atoms with E-state index in [0.29, 0.717) is 0 Å². The second-order valence-corrected chi connectivity index (χ2v) is 2.54. The lowest BCUT2D eigenvalue weighted by atomic mass is 10.3. The largest absolute Gasteiger partial charge is 0.221 e. The third-order valence-electron chi connectivity index (χ3n) is 1.71. The summed E-state index contributed by atoms with van der Waals surface area (Å²) in [4.78, 5) is 0. The maximum atomic E-state index is 5.13. The van der Waals surface area contributed by atoms with Gasteiger partial charge in [0.05, 0.1) is 17.3 Å². The van der Waals surface area contributed by atoms with Crippen molar-refractivity contribution in [3.05, 3.63) is 36.5 Å². The third kappa shape index (κ3) is 1.08. The molecule has 0 spiro atoms. The lowest BCUT2D eigenvalue weighted by Crippen LogP contribution is -1.81. The zero-order valence-corrected chi connectivity index (χ0v) is 6.94. The molecule has 0 radical (unpaired) electrons. The van der Waals surface area contributed by atoms with Crippen molar-refractivity contribution < 1.29 is 0 Å². The van der Waals surface area contributed by atoms with Gasteiger partial charge in [0, 0.05) is 11.6 Å². The van der Waals surface area contributed by atoms with Crippen LogP contribution in [0.15, 0.2) is 46.4 Å². The molecule has 0 amide bonds. The van der Waals surface area contributed by atoms with Gasteiger partial charge in [-0.05, 0) is 17.4 Å². The van der Waals surface area contributed by atoms with Gasteiger partial charge in [0.2, 0.25) is 0 Å². The molecule has 2 rings (SSSR count). The van der Waals surface area contributed by atoms with Crippen LogP contribution in [0.2, 0.25) is 0 Å². The second kappa shape index (κ2) is 2.95. The highest BCUT2D eigenvalue weighted by molar-refractivity contribution is 6.13. The summed E-state index contributed by atoms with van der Waals surface area (Å²) >= 11 is 5.13. The van der Waals surface area contributed by atoms with Crippen LogP contribution in [-0.4, -0.2) is 4.68 Å². The fourth-order valence-electron chi connectivity index (χ4n) is 1.18. The van der Waals surface area contributed by atoms with Gasteiger partial charge in [0.25, 0.3) is 0 Å². The first kappa shape index (κ1) is 7.31. The fourth-order valence-corrected chi connectivity index (χ4v) is 1.26. The number of nitrogens with zero attached hydrogens (tertiary/aromatic N) is 3. The molecule has 12 heavy (non-hydrogen) atoms. The Morgan fingerprint density at radius 2 is 2.00 bits per heavy atom. The van der Waals surface area contributed by atoms with Crippen molar-refractivity contribution in [1.82, 2.24) is 4.68 Å². The summed E-state index contributed by atoms with van der Waals surface area (Å²) in [7, 11) is 0. The van der Waals surface area contributed by atoms with Crippen LogP contribution in [0.5, 0.6) is 0 Å². The Balaban J connectivity index is 2.70. The first-order valence-corrected chi connectivity index (χ1v) is 3.84. The Morgan fingerprint density at radius 1 is 1.17 bits per heavy atom. The van der Waals surface area contributed by atoms with Crippen molar-refractivity contribution in [3.63, 3.8) is 0 Å². The van der Waals surface area contributed by atoms with Gasteiger partial charge in [-0.3, -0.25) is 0 Å². The Hall–Kier alpha value is -1.35. The van der Waals surface area contributed by atoms with Crippen LogP contribution in [0.3, 0.4) is 0 Å². The SMILES string of the molecule is Cl/N=N/n1ccc2ccccc21. The summed E-state index contributed by atoms with van der Waals surface area (Å²) in [5.74, 6) is 0. The van der Waals surface area contributed by atoms with Crippen molar-refractivity contribution in [3.8, 4) is 0 Å². The van der Waals surface area contributed by atoms with Crippen LogP contribution < -0.4 is 0 Å². The van der Waals surface area contributed by atoms with Gasteiger partial charge < -0.3 is 0 Å². The van der Waals surface area contributed by atoms with Crippen LogP contribution in [0, 0.1) is 0 Å². The van der Waals surface area contributed by atoms with E-state index in [0.717, 1.165) is 10.9 Å². The van der Waals surface area contributed by atoms with Gasteiger partial charge in [0.1, 0.15) is 0 Å². The molecule has 60 valence electrons. The van der Waals surface area contributed by atoms with E-state index in [1.165, 1.54) is 0 Å². The minimum absolute atomic E-state index is 1.00. The fraction of sp³-hybridized carbons (Fsp3) is 0. The van der Waals surface area contributed by atoms with Crippen LogP contribution in [0.25, 0.3) is 10.9 Å². The van der Waals surface area contributed by atoms with Gasteiger partial charge in [-0.1, -0.05) is 22.8 Å². The highest BCUT2D eigenvalue weighted by Crippen LogP contribution is 2.14. The van der Waals surface area contributed by atoms with E-state index in [4.69, 9.17) is 11.8 Å². The van der Waals surface area contributed by atoms with E-state index in [1.54, 1.807) is 4.68 Å². The second-order valence-electron chi connectivity index (χ2n) is 2.38. The molecule has 0 saturated heterocycles. The maximum Gasteiger partial charge on any atom is 0.0736 e. The number of rotatable bonds is 1. The zero-order chi connectivity index (χ0) is 8.39. The van der Waals surface area contributed by atoms with Crippen molar-refractivity contribution in [1.29, 1.82) is 0 Å². The number of benzene rings is 1. The molecular weight excluding hydrogens is 174 g/mol. The van der Waals surface area contributed by atoms with Gasteiger partial charge in [-0.2, -0.15) is 0 Å². The van der Waals surface area contributed by atoms with Crippen molar-refractivity contribution in [2.24, 2.45) is 9.86 Å². The quantitative estimate of drug-likeness (QED) is 0.603. The summed E-state index contributed by atoms with van der Waals surface area (Å²) in [5, 5.41) is 4.83. The summed E-state index contributed by atoms with van der Waals surface area (Å²) in [6.45, 7) is 0. The molecule has 0 N–H and O–H groups in total. The molecule has 3 nitrogen and oxygen atoms in total. The molecule has 1 aromatic heterocycles. The van der Waals surface area contributed by atoms with E-state index in [9.17, 15) is 0 Å². The molecule has 0 fully saturated rings. The predicted octanol–water partition coefficient (Wildman–Crippen LogP) is 3.01. The number of hydrogen-bond donors (Lipinski definition) is 0. The number of hydrogen-bond acceptors (Lipinski definition) is 2. The topological polar surface area (TPSA) is 29.6 Å². The van der Waals surface area contributed by atoms with E-state index in [2.05, 4.69) is 9.86 Å². The molecule has 1 aromatic carbocycles. The van der Waals surface area contributed by atoms with E-state index < -0.39 is 0 Å². The molecule has 0 unspecified atom stereocenters. The smallest absolute Gasteiger partial charge is 0.0736 e. The van der Waals surface area contributed by atoms with Crippen molar-refractivity contribution >= 4 is 22.7 Å². The molecular formula is C8H6ClN3. The molecule has 0 aliphatic rings. The lowest BCUT2D eigenvalue weighted by Gasteiger charge is -1.92. The predicted molar refractivity (Wildman–Crippen MR) is 48.0 cm³/mol. The molecule has 0 atom stereocenters. The Labute approximate surface area is 74.4 Å². The minimum Gasteiger partial charge on any atom is -0.221 e.